The number of anilines is 3. The lowest BCUT2D eigenvalue weighted by molar-refractivity contribution is 0.281. The van der Waals surface area contributed by atoms with E-state index in [2.05, 4.69) is 25.6 Å². The molecule has 0 saturated carbocycles. The van der Waals surface area contributed by atoms with E-state index in [0.29, 0.717) is 17.5 Å². The smallest absolute Gasteiger partial charge is 0.225 e. The highest BCUT2D eigenvalue weighted by molar-refractivity contribution is 5.65. The quantitative estimate of drug-likeness (QED) is 0.602. The number of hydrogen-bond donors (Lipinski definition) is 3. The highest BCUT2D eigenvalue weighted by Gasteiger charge is 2.10. The average Bonchev–Trinajstić information content (AvgIpc) is 2.68. The van der Waals surface area contributed by atoms with Gasteiger partial charge in [-0.1, -0.05) is 12.1 Å². The SMILES string of the molecule is COc1cccc(Nc2cc(-c3ccccn3)nc(N[C@H](C)CO)n2)c1. The molecule has 0 radical (unpaired) electrons. The van der Waals surface area contributed by atoms with Gasteiger partial charge < -0.3 is 20.5 Å². The summed E-state index contributed by atoms with van der Waals surface area (Å²) >= 11 is 0. The van der Waals surface area contributed by atoms with Crippen LogP contribution in [0.2, 0.25) is 0 Å². The topological polar surface area (TPSA) is 92.2 Å². The van der Waals surface area contributed by atoms with Gasteiger partial charge in [-0.05, 0) is 31.2 Å². The number of ether oxygens (including phenoxy) is 1. The molecule has 2 heterocycles. The lowest BCUT2D eigenvalue weighted by Crippen LogP contribution is -2.21. The normalized spacial score (nSPS) is 11.7. The Hall–Kier alpha value is -3.19. The van der Waals surface area contributed by atoms with Gasteiger partial charge in [0.25, 0.3) is 0 Å². The summed E-state index contributed by atoms with van der Waals surface area (Å²) in [6, 6.07) is 14.9. The van der Waals surface area contributed by atoms with Crippen LogP contribution in [0.25, 0.3) is 11.4 Å². The predicted molar refractivity (Wildman–Crippen MR) is 102 cm³/mol. The second kappa shape index (κ2) is 8.26. The molecule has 0 aliphatic rings. The van der Waals surface area contributed by atoms with E-state index >= 15 is 0 Å². The maximum Gasteiger partial charge on any atom is 0.225 e. The number of benzene rings is 1. The molecule has 3 N–H and O–H groups in total. The summed E-state index contributed by atoms with van der Waals surface area (Å²) < 4.78 is 5.25. The molecule has 0 fully saturated rings. The molecule has 7 nitrogen and oxygen atoms in total. The van der Waals surface area contributed by atoms with Crippen molar-refractivity contribution in [1.82, 2.24) is 15.0 Å². The van der Waals surface area contributed by atoms with Gasteiger partial charge in [0.05, 0.1) is 25.1 Å². The molecule has 0 aliphatic carbocycles. The van der Waals surface area contributed by atoms with Crippen LogP contribution in [0.5, 0.6) is 5.75 Å². The molecule has 7 heteroatoms. The summed E-state index contributed by atoms with van der Waals surface area (Å²) in [7, 11) is 1.63. The zero-order valence-electron chi connectivity index (χ0n) is 14.7. The molecule has 0 spiro atoms. The molecular weight excluding hydrogens is 330 g/mol. The Bertz CT molecular complexity index is 858. The summed E-state index contributed by atoms with van der Waals surface area (Å²) in [6.07, 6.45) is 1.72. The zero-order valence-corrected chi connectivity index (χ0v) is 14.7. The summed E-state index contributed by atoms with van der Waals surface area (Å²) in [6.45, 7) is 1.84. The third-order valence-electron chi connectivity index (χ3n) is 3.64. The van der Waals surface area contributed by atoms with E-state index in [9.17, 15) is 5.11 Å². The van der Waals surface area contributed by atoms with Gasteiger partial charge in [0, 0.05) is 30.1 Å². The minimum absolute atomic E-state index is 0.0180. The van der Waals surface area contributed by atoms with E-state index in [1.807, 2.05) is 55.5 Å². The first-order chi connectivity index (χ1) is 12.7. The van der Waals surface area contributed by atoms with E-state index in [0.717, 1.165) is 17.1 Å². The van der Waals surface area contributed by atoms with Crippen molar-refractivity contribution in [1.29, 1.82) is 0 Å². The lowest BCUT2D eigenvalue weighted by Gasteiger charge is -2.14. The van der Waals surface area contributed by atoms with Crippen molar-refractivity contribution in [3.63, 3.8) is 0 Å². The molecular formula is C19H21N5O2. The number of nitrogens with zero attached hydrogens (tertiary/aromatic N) is 3. The Balaban J connectivity index is 1.96. The number of rotatable bonds is 7. The Labute approximate surface area is 152 Å². The average molecular weight is 351 g/mol. The van der Waals surface area contributed by atoms with Gasteiger partial charge >= 0.3 is 0 Å². The maximum atomic E-state index is 9.28. The third-order valence-corrected chi connectivity index (χ3v) is 3.64. The number of pyridine rings is 1. The number of aliphatic hydroxyl groups is 1. The summed E-state index contributed by atoms with van der Waals surface area (Å²) in [4.78, 5) is 13.3. The van der Waals surface area contributed by atoms with Gasteiger partial charge in [-0.3, -0.25) is 4.98 Å². The van der Waals surface area contributed by atoms with Crippen LogP contribution in [0.4, 0.5) is 17.5 Å². The fourth-order valence-electron chi connectivity index (χ4n) is 2.34. The predicted octanol–water partition coefficient (Wildman–Crippen LogP) is 3.08. The molecule has 0 bridgehead atoms. The molecule has 0 unspecified atom stereocenters. The van der Waals surface area contributed by atoms with Crippen molar-refractivity contribution >= 4 is 17.5 Å². The van der Waals surface area contributed by atoms with E-state index in [1.54, 1.807) is 13.3 Å². The molecule has 134 valence electrons. The molecule has 1 aromatic carbocycles. The van der Waals surface area contributed by atoms with Crippen molar-refractivity contribution in [2.45, 2.75) is 13.0 Å². The van der Waals surface area contributed by atoms with Crippen LogP contribution in [0.3, 0.4) is 0 Å². The monoisotopic (exact) mass is 351 g/mol. The minimum atomic E-state index is -0.168. The number of methoxy groups -OCH3 is 1. The van der Waals surface area contributed by atoms with Gasteiger partial charge in [-0.25, -0.2) is 4.98 Å². The second-order valence-corrected chi connectivity index (χ2v) is 5.76. The summed E-state index contributed by atoms with van der Waals surface area (Å²) in [5, 5.41) is 15.6. The van der Waals surface area contributed by atoms with Crippen molar-refractivity contribution in [2.24, 2.45) is 0 Å². The highest BCUT2D eigenvalue weighted by Crippen LogP contribution is 2.24. The van der Waals surface area contributed by atoms with Crippen molar-refractivity contribution in [3.8, 4) is 17.1 Å². The summed E-state index contributed by atoms with van der Waals surface area (Å²) in [5.74, 6) is 1.78. The van der Waals surface area contributed by atoms with Crippen molar-refractivity contribution < 1.29 is 9.84 Å². The largest absolute Gasteiger partial charge is 0.497 e. The minimum Gasteiger partial charge on any atom is -0.497 e. The van der Waals surface area contributed by atoms with E-state index in [-0.39, 0.29) is 12.6 Å². The van der Waals surface area contributed by atoms with E-state index in [1.165, 1.54) is 0 Å². The van der Waals surface area contributed by atoms with Gasteiger partial charge in [0.2, 0.25) is 5.95 Å². The van der Waals surface area contributed by atoms with Crippen LogP contribution < -0.4 is 15.4 Å². The number of nitrogens with one attached hydrogen (secondary N) is 2. The molecule has 26 heavy (non-hydrogen) atoms. The molecule has 2 aromatic heterocycles. The van der Waals surface area contributed by atoms with Crippen LogP contribution in [0.15, 0.2) is 54.7 Å². The fraction of sp³-hybridized carbons (Fsp3) is 0.211. The Morgan fingerprint density at radius 1 is 1.08 bits per heavy atom. The van der Waals surface area contributed by atoms with E-state index < -0.39 is 0 Å². The van der Waals surface area contributed by atoms with Crippen LogP contribution in [0, 0.1) is 0 Å². The molecule has 0 aliphatic heterocycles. The first-order valence-corrected chi connectivity index (χ1v) is 8.27. The lowest BCUT2D eigenvalue weighted by atomic mass is 10.2. The van der Waals surface area contributed by atoms with Gasteiger partial charge in [0.15, 0.2) is 0 Å². The highest BCUT2D eigenvalue weighted by atomic mass is 16.5. The van der Waals surface area contributed by atoms with Crippen LogP contribution in [-0.2, 0) is 0 Å². The number of hydrogen-bond acceptors (Lipinski definition) is 7. The standard InChI is InChI=1S/C19H21N5O2/c1-13(12-25)21-19-23-17(16-8-3-4-9-20-16)11-18(24-19)22-14-6-5-7-15(10-14)26-2/h3-11,13,25H,12H2,1-2H3,(H2,21,22,23,24)/t13-/m1/s1. The van der Waals surface area contributed by atoms with Gasteiger partial charge in [-0.15, -0.1) is 0 Å². The van der Waals surface area contributed by atoms with Crippen LogP contribution in [0.1, 0.15) is 6.92 Å². The second-order valence-electron chi connectivity index (χ2n) is 5.76. The van der Waals surface area contributed by atoms with Crippen LogP contribution in [-0.4, -0.2) is 39.8 Å². The van der Waals surface area contributed by atoms with Crippen molar-refractivity contribution in [2.75, 3.05) is 24.4 Å². The Kier molecular flexibility index (Phi) is 5.60. The maximum absolute atomic E-state index is 9.28. The fourth-order valence-corrected chi connectivity index (χ4v) is 2.34. The van der Waals surface area contributed by atoms with E-state index in [4.69, 9.17) is 4.74 Å². The molecule has 0 amide bonds. The zero-order chi connectivity index (χ0) is 18.4. The molecule has 3 rings (SSSR count). The molecule has 0 saturated heterocycles. The Morgan fingerprint density at radius 3 is 2.69 bits per heavy atom. The molecule has 1 atom stereocenters. The van der Waals surface area contributed by atoms with Crippen LogP contribution >= 0.6 is 0 Å². The van der Waals surface area contributed by atoms with Gasteiger partial charge in [-0.2, -0.15) is 4.98 Å². The first-order valence-electron chi connectivity index (χ1n) is 8.27. The number of aliphatic hydroxyl groups excluding tert-OH is 1. The Morgan fingerprint density at radius 2 is 1.96 bits per heavy atom. The molecule has 3 aromatic rings. The van der Waals surface area contributed by atoms with Crippen molar-refractivity contribution in [3.05, 3.63) is 54.7 Å². The summed E-state index contributed by atoms with van der Waals surface area (Å²) in [5.41, 5.74) is 2.26. The first kappa shape index (κ1) is 17.6. The number of aromatic nitrogens is 3. The third kappa shape index (κ3) is 4.46. The van der Waals surface area contributed by atoms with Gasteiger partial charge in [0.1, 0.15) is 11.6 Å².